The Morgan fingerprint density at radius 3 is 2.70 bits per heavy atom. The molecule has 23 heavy (non-hydrogen) atoms. The average Bonchev–Trinajstić information content (AvgIpc) is 2.60. The van der Waals surface area contributed by atoms with Crippen LogP contribution in [-0.4, -0.2) is 47.1 Å². The summed E-state index contributed by atoms with van der Waals surface area (Å²) in [6.07, 6.45) is 0. The van der Waals surface area contributed by atoms with E-state index in [4.69, 9.17) is 4.74 Å². The largest absolute Gasteiger partial charge is 0.378 e. The molecule has 2 heterocycles. The van der Waals surface area contributed by atoms with Crippen molar-refractivity contribution in [2.24, 2.45) is 0 Å². The predicted molar refractivity (Wildman–Crippen MR) is 87.3 cm³/mol. The molecular formula is C17H20N4O2. The lowest BCUT2D eigenvalue weighted by Gasteiger charge is -2.26. The maximum Gasteiger partial charge on any atom is 0.272 e. The van der Waals surface area contributed by atoms with Crippen molar-refractivity contribution in [3.63, 3.8) is 0 Å². The summed E-state index contributed by atoms with van der Waals surface area (Å²) in [6.45, 7) is 4.82. The van der Waals surface area contributed by atoms with Crippen LogP contribution in [0.25, 0.3) is 0 Å². The molecule has 1 N–H and O–H groups in total. The van der Waals surface area contributed by atoms with Crippen LogP contribution in [0.1, 0.15) is 21.9 Å². The summed E-state index contributed by atoms with van der Waals surface area (Å²) in [5.74, 6) is 1.18. The van der Waals surface area contributed by atoms with E-state index in [1.165, 1.54) is 0 Å². The van der Waals surface area contributed by atoms with Gasteiger partial charge in [-0.2, -0.15) is 0 Å². The molecule has 6 nitrogen and oxygen atoms in total. The normalized spacial score (nSPS) is 14.6. The predicted octanol–water partition coefficient (Wildman–Crippen LogP) is 1.87. The van der Waals surface area contributed by atoms with Crippen LogP contribution in [0.2, 0.25) is 0 Å². The number of amides is 1. The van der Waals surface area contributed by atoms with E-state index in [0.29, 0.717) is 50.2 Å². The summed E-state index contributed by atoms with van der Waals surface area (Å²) in [7, 11) is 0. The number of nitrogens with zero attached hydrogens (tertiary/aromatic N) is 3. The Balaban J connectivity index is 1.72. The van der Waals surface area contributed by atoms with Gasteiger partial charge in [-0.15, -0.1) is 0 Å². The Labute approximate surface area is 135 Å². The molecule has 3 rings (SSSR count). The Hall–Kier alpha value is -2.47. The number of carbonyl (C=O) groups is 1. The van der Waals surface area contributed by atoms with Gasteiger partial charge in [0, 0.05) is 25.7 Å². The maximum atomic E-state index is 12.5. The molecule has 0 aliphatic carbocycles. The first-order valence-electron chi connectivity index (χ1n) is 7.73. The van der Waals surface area contributed by atoms with Gasteiger partial charge in [-0.1, -0.05) is 30.3 Å². The van der Waals surface area contributed by atoms with Crippen LogP contribution < -0.4 is 5.32 Å². The van der Waals surface area contributed by atoms with E-state index < -0.39 is 0 Å². The smallest absolute Gasteiger partial charge is 0.272 e. The molecule has 0 bridgehead atoms. The van der Waals surface area contributed by atoms with Gasteiger partial charge in [0.15, 0.2) is 0 Å². The van der Waals surface area contributed by atoms with Gasteiger partial charge >= 0.3 is 0 Å². The maximum absolute atomic E-state index is 12.5. The number of carbonyl (C=O) groups excluding carboxylic acids is 1. The van der Waals surface area contributed by atoms with E-state index in [-0.39, 0.29) is 5.91 Å². The van der Waals surface area contributed by atoms with E-state index in [1.54, 1.807) is 17.9 Å². The lowest BCUT2D eigenvalue weighted by molar-refractivity contribution is 0.0299. The molecule has 0 radical (unpaired) electrons. The Morgan fingerprint density at radius 1 is 1.22 bits per heavy atom. The van der Waals surface area contributed by atoms with Crippen LogP contribution in [0.5, 0.6) is 0 Å². The second-order valence-electron chi connectivity index (χ2n) is 5.43. The van der Waals surface area contributed by atoms with Gasteiger partial charge in [0.2, 0.25) is 0 Å². The molecule has 1 aliphatic rings. The zero-order chi connectivity index (χ0) is 16.1. The summed E-state index contributed by atoms with van der Waals surface area (Å²) < 4.78 is 5.28. The van der Waals surface area contributed by atoms with Crippen molar-refractivity contribution in [1.29, 1.82) is 0 Å². The molecule has 6 heteroatoms. The quantitative estimate of drug-likeness (QED) is 0.933. The molecule has 1 aromatic heterocycles. The number of nitrogens with one attached hydrogen (secondary N) is 1. The molecule has 2 aromatic rings. The Morgan fingerprint density at radius 2 is 1.96 bits per heavy atom. The molecule has 1 fully saturated rings. The zero-order valence-corrected chi connectivity index (χ0v) is 13.2. The number of hydrogen-bond acceptors (Lipinski definition) is 5. The van der Waals surface area contributed by atoms with Gasteiger partial charge in [-0.05, 0) is 12.5 Å². The molecular weight excluding hydrogens is 292 g/mol. The standard InChI is InChI=1S/C17H20N4O2/c1-13-19-15(17(22)21-7-9-23-10-8-21)11-16(20-13)18-12-14-5-3-2-4-6-14/h2-6,11H,7-10,12H2,1H3,(H,18,19,20). The minimum absolute atomic E-state index is 0.0680. The number of aromatic nitrogens is 2. The second kappa shape index (κ2) is 7.19. The molecule has 0 unspecified atom stereocenters. The summed E-state index contributed by atoms with van der Waals surface area (Å²) in [4.78, 5) is 22.9. The number of benzene rings is 1. The number of ether oxygens (including phenoxy) is 1. The highest BCUT2D eigenvalue weighted by Gasteiger charge is 2.20. The van der Waals surface area contributed by atoms with Crippen molar-refractivity contribution in [2.75, 3.05) is 31.6 Å². The third-order valence-corrected chi connectivity index (χ3v) is 3.67. The van der Waals surface area contributed by atoms with E-state index in [0.717, 1.165) is 5.56 Å². The van der Waals surface area contributed by atoms with Crippen molar-refractivity contribution in [2.45, 2.75) is 13.5 Å². The van der Waals surface area contributed by atoms with E-state index in [2.05, 4.69) is 15.3 Å². The third kappa shape index (κ3) is 4.04. The van der Waals surface area contributed by atoms with Gasteiger partial charge < -0.3 is 15.0 Å². The number of aryl methyl sites for hydroxylation is 1. The fourth-order valence-electron chi connectivity index (χ4n) is 2.48. The Bertz CT molecular complexity index is 670. The summed E-state index contributed by atoms with van der Waals surface area (Å²) in [5, 5.41) is 3.25. The van der Waals surface area contributed by atoms with Gasteiger partial charge in [0.05, 0.1) is 13.2 Å². The lowest BCUT2D eigenvalue weighted by atomic mass is 10.2. The van der Waals surface area contributed by atoms with Crippen LogP contribution in [0.4, 0.5) is 5.82 Å². The fourth-order valence-corrected chi connectivity index (χ4v) is 2.48. The second-order valence-corrected chi connectivity index (χ2v) is 5.43. The van der Waals surface area contributed by atoms with Crippen LogP contribution in [0.3, 0.4) is 0 Å². The monoisotopic (exact) mass is 312 g/mol. The topological polar surface area (TPSA) is 67.4 Å². The van der Waals surface area contributed by atoms with Crippen LogP contribution in [-0.2, 0) is 11.3 Å². The van der Waals surface area contributed by atoms with E-state index >= 15 is 0 Å². The summed E-state index contributed by atoms with van der Waals surface area (Å²) in [6, 6.07) is 11.8. The molecule has 1 aromatic carbocycles. The van der Waals surface area contributed by atoms with Crippen molar-refractivity contribution in [1.82, 2.24) is 14.9 Å². The number of hydrogen-bond donors (Lipinski definition) is 1. The lowest BCUT2D eigenvalue weighted by Crippen LogP contribution is -2.41. The highest BCUT2D eigenvalue weighted by Crippen LogP contribution is 2.12. The van der Waals surface area contributed by atoms with Crippen molar-refractivity contribution in [3.05, 3.63) is 53.5 Å². The first-order chi connectivity index (χ1) is 11.2. The van der Waals surface area contributed by atoms with Gasteiger partial charge in [-0.3, -0.25) is 4.79 Å². The number of anilines is 1. The van der Waals surface area contributed by atoms with Crippen LogP contribution >= 0.6 is 0 Å². The fraction of sp³-hybridized carbons (Fsp3) is 0.353. The van der Waals surface area contributed by atoms with Crippen molar-refractivity contribution >= 4 is 11.7 Å². The molecule has 0 spiro atoms. The minimum Gasteiger partial charge on any atom is -0.378 e. The summed E-state index contributed by atoms with van der Waals surface area (Å²) >= 11 is 0. The molecule has 1 amide bonds. The van der Waals surface area contributed by atoms with Crippen molar-refractivity contribution in [3.8, 4) is 0 Å². The van der Waals surface area contributed by atoms with Crippen LogP contribution in [0, 0.1) is 6.92 Å². The first-order valence-corrected chi connectivity index (χ1v) is 7.73. The SMILES string of the molecule is Cc1nc(NCc2ccccc2)cc(C(=O)N2CCOCC2)n1. The molecule has 120 valence electrons. The molecule has 0 atom stereocenters. The molecule has 1 aliphatic heterocycles. The zero-order valence-electron chi connectivity index (χ0n) is 13.2. The summed E-state index contributed by atoms with van der Waals surface area (Å²) in [5.41, 5.74) is 1.58. The highest BCUT2D eigenvalue weighted by atomic mass is 16.5. The third-order valence-electron chi connectivity index (χ3n) is 3.67. The Kier molecular flexibility index (Phi) is 4.83. The van der Waals surface area contributed by atoms with E-state index in [1.807, 2.05) is 30.3 Å². The number of rotatable bonds is 4. The van der Waals surface area contributed by atoms with Crippen LogP contribution in [0.15, 0.2) is 36.4 Å². The van der Waals surface area contributed by atoms with Gasteiger partial charge in [0.1, 0.15) is 17.3 Å². The molecule has 0 saturated carbocycles. The average molecular weight is 312 g/mol. The highest BCUT2D eigenvalue weighted by molar-refractivity contribution is 5.93. The van der Waals surface area contributed by atoms with Crippen molar-refractivity contribution < 1.29 is 9.53 Å². The minimum atomic E-state index is -0.0680. The van der Waals surface area contributed by atoms with E-state index in [9.17, 15) is 4.79 Å². The number of morpholine rings is 1. The van der Waals surface area contributed by atoms with Gasteiger partial charge in [-0.25, -0.2) is 9.97 Å². The molecule has 1 saturated heterocycles. The van der Waals surface area contributed by atoms with Gasteiger partial charge in [0.25, 0.3) is 5.91 Å². The first kappa shape index (κ1) is 15.4.